The van der Waals surface area contributed by atoms with Crippen LogP contribution in [-0.2, 0) is 4.79 Å². The summed E-state index contributed by atoms with van der Waals surface area (Å²) in [4.78, 5) is 14.5. The zero-order chi connectivity index (χ0) is 21.8. The zero-order valence-corrected chi connectivity index (χ0v) is 17.9. The van der Waals surface area contributed by atoms with E-state index in [1.54, 1.807) is 7.11 Å². The van der Waals surface area contributed by atoms with Gasteiger partial charge in [0.2, 0.25) is 0 Å². The van der Waals surface area contributed by atoms with Crippen LogP contribution >= 0.6 is 0 Å². The van der Waals surface area contributed by atoms with Gasteiger partial charge in [-0.15, -0.1) is 0 Å². The van der Waals surface area contributed by atoms with Crippen molar-refractivity contribution in [1.82, 2.24) is 10.2 Å². The molecule has 0 fully saturated rings. The number of furan rings is 1. The number of carbonyl (C=O) groups excluding carboxylic acids is 1. The Labute approximate surface area is 181 Å². The minimum atomic E-state index is -0.182. The van der Waals surface area contributed by atoms with E-state index in [0.29, 0.717) is 12.3 Å². The molecule has 1 heterocycles. The van der Waals surface area contributed by atoms with E-state index in [4.69, 9.17) is 13.9 Å². The molecule has 4 aromatic rings. The maximum absolute atomic E-state index is 12.5. The molecule has 0 aliphatic carbocycles. The molecular formula is C25H26N2O4. The first-order chi connectivity index (χ1) is 15.1. The number of hydrogen-bond acceptors (Lipinski definition) is 5. The van der Waals surface area contributed by atoms with Gasteiger partial charge in [0.25, 0.3) is 5.91 Å². The number of nitrogens with one attached hydrogen (secondary N) is 1. The molecule has 0 unspecified atom stereocenters. The number of methoxy groups -OCH3 is 1. The topological polar surface area (TPSA) is 63.9 Å². The molecule has 0 bridgehead atoms. The van der Waals surface area contributed by atoms with Crippen molar-refractivity contribution >= 4 is 27.8 Å². The van der Waals surface area contributed by atoms with Crippen LogP contribution in [0.25, 0.3) is 21.9 Å². The number of nitrogens with zero attached hydrogens (tertiary/aromatic N) is 1. The number of benzene rings is 3. The van der Waals surface area contributed by atoms with Gasteiger partial charge in [0, 0.05) is 22.9 Å². The number of rotatable bonds is 8. The van der Waals surface area contributed by atoms with Crippen molar-refractivity contribution in [3.63, 3.8) is 0 Å². The van der Waals surface area contributed by atoms with Crippen molar-refractivity contribution in [3.8, 4) is 11.5 Å². The molecule has 1 aromatic heterocycles. The molecule has 6 heteroatoms. The SMILES string of the molecule is COc1ccccc1[C@@H](CNC(=O)COc1ccc2oc3ccccc3c2c1)N(C)C. The van der Waals surface area contributed by atoms with Gasteiger partial charge < -0.3 is 24.1 Å². The van der Waals surface area contributed by atoms with Crippen LogP contribution in [0.5, 0.6) is 11.5 Å². The lowest BCUT2D eigenvalue weighted by Gasteiger charge is -2.26. The summed E-state index contributed by atoms with van der Waals surface area (Å²) in [6.45, 7) is 0.383. The molecule has 31 heavy (non-hydrogen) atoms. The standard InChI is InChI=1S/C25H26N2O4/c1-27(2)21(19-9-5-6-10-22(19)29-3)15-26-25(28)16-30-17-12-13-24-20(14-17)18-8-4-7-11-23(18)31-24/h4-14,21H,15-16H2,1-3H3,(H,26,28)/t21-/m1/s1. The summed E-state index contributed by atoms with van der Waals surface area (Å²) >= 11 is 0. The first-order valence-corrected chi connectivity index (χ1v) is 10.2. The Morgan fingerprint density at radius 2 is 1.74 bits per heavy atom. The Bertz CT molecular complexity index is 1200. The lowest BCUT2D eigenvalue weighted by atomic mass is 10.0. The molecule has 0 spiro atoms. The molecule has 1 N–H and O–H groups in total. The molecule has 6 nitrogen and oxygen atoms in total. The van der Waals surface area contributed by atoms with Crippen LogP contribution in [0.15, 0.2) is 71.1 Å². The summed E-state index contributed by atoms with van der Waals surface area (Å²) in [5, 5.41) is 4.96. The Morgan fingerprint density at radius 1 is 1.00 bits per heavy atom. The summed E-state index contributed by atoms with van der Waals surface area (Å²) in [7, 11) is 5.60. The highest BCUT2D eigenvalue weighted by atomic mass is 16.5. The van der Waals surface area contributed by atoms with Crippen LogP contribution in [0.2, 0.25) is 0 Å². The van der Waals surface area contributed by atoms with Gasteiger partial charge in [-0.2, -0.15) is 0 Å². The van der Waals surface area contributed by atoms with E-state index in [1.807, 2.05) is 80.8 Å². The van der Waals surface area contributed by atoms with Crippen LogP contribution in [0.4, 0.5) is 0 Å². The molecule has 0 radical (unpaired) electrons. The lowest BCUT2D eigenvalue weighted by Crippen LogP contribution is -2.37. The molecule has 3 aromatic carbocycles. The minimum absolute atomic E-state index is 0.0197. The van der Waals surface area contributed by atoms with Gasteiger partial charge >= 0.3 is 0 Å². The van der Waals surface area contributed by atoms with Crippen molar-refractivity contribution in [1.29, 1.82) is 0 Å². The molecule has 1 atom stereocenters. The van der Waals surface area contributed by atoms with E-state index in [2.05, 4.69) is 10.2 Å². The van der Waals surface area contributed by atoms with Gasteiger partial charge in [-0.3, -0.25) is 4.79 Å². The smallest absolute Gasteiger partial charge is 0.258 e. The number of amides is 1. The zero-order valence-electron chi connectivity index (χ0n) is 17.9. The summed E-state index contributed by atoms with van der Waals surface area (Å²) in [5.74, 6) is 1.24. The quantitative estimate of drug-likeness (QED) is 0.460. The van der Waals surface area contributed by atoms with Gasteiger partial charge in [0.05, 0.1) is 13.2 Å². The normalized spacial score (nSPS) is 12.3. The van der Waals surface area contributed by atoms with Crippen molar-refractivity contribution in [2.24, 2.45) is 0 Å². The number of ether oxygens (including phenoxy) is 2. The Hall–Kier alpha value is -3.51. The highest BCUT2D eigenvalue weighted by Crippen LogP contribution is 2.31. The van der Waals surface area contributed by atoms with Gasteiger partial charge in [-0.05, 0) is 44.4 Å². The minimum Gasteiger partial charge on any atom is -0.496 e. The van der Waals surface area contributed by atoms with E-state index in [-0.39, 0.29) is 18.6 Å². The van der Waals surface area contributed by atoms with Crippen molar-refractivity contribution in [3.05, 3.63) is 72.3 Å². The maximum atomic E-state index is 12.5. The monoisotopic (exact) mass is 418 g/mol. The molecule has 0 aliphatic heterocycles. The maximum Gasteiger partial charge on any atom is 0.258 e. The van der Waals surface area contributed by atoms with Crippen molar-refractivity contribution in [2.45, 2.75) is 6.04 Å². The van der Waals surface area contributed by atoms with Crippen molar-refractivity contribution < 1.29 is 18.7 Å². The number of hydrogen-bond donors (Lipinski definition) is 1. The van der Waals surface area contributed by atoms with Gasteiger partial charge in [-0.1, -0.05) is 36.4 Å². The molecule has 0 saturated carbocycles. The fourth-order valence-electron chi connectivity index (χ4n) is 3.72. The van der Waals surface area contributed by atoms with Crippen molar-refractivity contribution in [2.75, 3.05) is 34.4 Å². The largest absolute Gasteiger partial charge is 0.496 e. The number of likely N-dealkylation sites (N-methyl/N-ethyl adjacent to an activating group) is 1. The van der Waals surface area contributed by atoms with Crippen LogP contribution in [0.1, 0.15) is 11.6 Å². The first-order valence-electron chi connectivity index (χ1n) is 10.2. The number of para-hydroxylation sites is 2. The molecular weight excluding hydrogens is 392 g/mol. The highest BCUT2D eigenvalue weighted by molar-refractivity contribution is 6.05. The first kappa shape index (κ1) is 20.8. The third-order valence-corrected chi connectivity index (χ3v) is 5.33. The molecule has 0 saturated heterocycles. The predicted molar refractivity (Wildman–Crippen MR) is 122 cm³/mol. The Morgan fingerprint density at radius 3 is 2.55 bits per heavy atom. The molecule has 4 rings (SSSR count). The Kier molecular flexibility index (Phi) is 6.09. The third-order valence-electron chi connectivity index (χ3n) is 5.33. The summed E-state index contributed by atoms with van der Waals surface area (Å²) in [6, 6.07) is 21.3. The number of fused-ring (bicyclic) bond motifs is 3. The average molecular weight is 418 g/mol. The summed E-state index contributed by atoms with van der Waals surface area (Å²) < 4.78 is 17.1. The molecule has 0 aliphatic rings. The second-order valence-corrected chi connectivity index (χ2v) is 7.57. The van der Waals surface area contributed by atoms with Gasteiger partial charge in [0.15, 0.2) is 6.61 Å². The molecule has 160 valence electrons. The van der Waals surface area contributed by atoms with Crippen LogP contribution in [0.3, 0.4) is 0 Å². The van der Waals surface area contributed by atoms with Gasteiger partial charge in [-0.25, -0.2) is 0 Å². The Balaban J connectivity index is 1.40. The van der Waals surface area contributed by atoms with Crippen LogP contribution in [0, 0.1) is 0 Å². The number of carbonyl (C=O) groups is 1. The summed E-state index contributed by atoms with van der Waals surface area (Å²) in [6.07, 6.45) is 0. The van der Waals surface area contributed by atoms with E-state index >= 15 is 0 Å². The third kappa shape index (κ3) is 4.49. The second kappa shape index (κ2) is 9.10. The second-order valence-electron chi connectivity index (χ2n) is 7.57. The van der Waals surface area contributed by atoms with Gasteiger partial charge in [0.1, 0.15) is 22.7 Å². The molecule has 1 amide bonds. The van der Waals surface area contributed by atoms with E-state index in [0.717, 1.165) is 33.3 Å². The fourth-order valence-corrected chi connectivity index (χ4v) is 3.72. The fraction of sp³-hybridized carbons (Fsp3) is 0.240. The predicted octanol–water partition coefficient (Wildman–Crippen LogP) is 4.39. The summed E-state index contributed by atoms with van der Waals surface area (Å²) in [5.41, 5.74) is 2.65. The van der Waals surface area contributed by atoms with E-state index in [9.17, 15) is 4.79 Å². The van der Waals surface area contributed by atoms with Crippen LogP contribution < -0.4 is 14.8 Å². The van der Waals surface area contributed by atoms with E-state index in [1.165, 1.54) is 0 Å². The average Bonchev–Trinajstić information content (AvgIpc) is 3.16. The lowest BCUT2D eigenvalue weighted by molar-refractivity contribution is -0.123. The highest BCUT2D eigenvalue weighted by Gasteiger charge is 2.19. The van der Waals surface area contributed by atoms with Crippen LogP contribution in [-0.4, -0.2) is 45.2 Å². The van der Waals surface area contributed by atoms with E-state index < -0.39 is 0 Å².